The van der Waals surface area contributed by atoms with E-state index in [1.165, 1.54) is 12.7 Å². The van der Waals surface area contributed by atoms with Gasteiger partial charge in [-0.1, -0.05) is 0 Å². The van der Waals surface area contributed by atoms with Crippen LogP contribution >= 0.6 is 0 Å². The quantitative estimate of drug-likeness (QED) is 0.0406. The van der Waals surface area contributed by atoms with Crippen LogP contribution in [0.2, 0.25) is 0 Å². The van der Waals surface area contributed by atoms with Crippen LogP contribution in [0.5, 0.6) is 0 Å². The summed E-state index contributed by atoms with van der Waals surface area (Å²) in [6.45, 7) is 0.251. The molecular weight excluding hydrogens is 696 g/mol. The second-order valence-electron chi connectivity index (χ2n) is 10.7. The van der Waals surface area contributed by atoms with Crippen molar-refractivity contribution in [1.29, 1.82) is 0 Å². The fraction of sp³-hybridized carbons (Fsp3) is 0.571. The van der Waals surface area contributed by atoms with Crippen LogP contribution in [0.1, 0.15) is 49.9 Å². The first-order chi connectivity index (χ1) is 22.9. The number of carbonyl (C=O) groups excluding carboxylic acids is 4. The molecule has 0 unspecified atom stereocenters. The third-order valence-electron chi connectivity index (χ3n) is 6.67. The van der Waals surface area contributed by atoms with E-state index in [-0.39, 0.29) is 55.8 Å². The summed E-state index contributed by atoms with van der Waals surface area (Å²) in [6, 6.07) is -3.67. The van der Waals surface area contributed by atoms with Crippen molar-refractivity contribution in [2.45, 2.75) is 75.5 Å². The van der Waals surface area contributed by atoms with Gasteiger partial charge in [0, 0.05) is 53.7 Å². The molecule has 49 heavy (non-hydrogen) atoms. The number of rotatable bonds is 22. The molecule has 21 heteroatoms. The normalized spacial score (nSPS) is 12.8. The van der Waals surface area contributed by atoms with E-state index in [9.17, 15) is 28.8 Å². The first-order valence-corrected chi connectivity index (χ1v) is 15.3. The second-order valence-corrected chi connectivity index (χ2v) is 10.7. The van der Waals surface area contributed by atoms with E-state index in [1.807, 2.05) is 0 Å². The van der Waals surface area contributed by atoms with Gasteiger partial charge in [-0.3, -0.25) is 19.2 Å². The minimum atomic E-state index is -1.12. The fourth-order valence-electron chi connectivity index (χ4n) is 4.04. The largest absolute Gasteiger partial charge is 0.480 e. The van der Waals surface area contributed by atoms with Crippen LogP contribution in [-0.2, 0) is 58.7 Å². The Morgan fingerprint density at radius 1 is 0.673 bits per heavy atom. The summed E-state index contributed by atoms with van der Waals surface area (Å²) in [7, 11) is 0. The van der Waals surface area contributed by atoms with Crippen molar-refractivity contribution in [2.24, 2.45) is 22.9 Å². The van der Waals surface area contributed by atoms with Gasteiger partial charge in [0.25, 0.3) is 0 Å². The standard InChI is InChI=1S/2C14H24N6O4.Cu/c2*15-4-2-1-3-11(14(23)24)20-12(21)7-18-13(22)10(16)5-9-6-17-8-19-9;/h2*6,8,10-11H,1-5,7,15-16H2,(H,17,19)(H,18,22)(H,20,21)(H,23,24);/t2*10-,11-;/m00./s1. The third-order valence-corrected chi connectivity index (χ3v) is 6.67. The number of hydrogen-bond acceptors (Lipinski definition) is 12. The van der Waals surface area contributed by atoms with Gasteiger partial charge in [0.2, 0.25) is 23.6 Å². The molecule has 0 saturated heterocycles. The van der Waals surface area contributed by atoms with Crippen LogP contribution in [0.15, 0.2) is 25.0 Å². The van der Waals surface area contributed by atoms with Crippen LogP contribution in [0, 0.1) is 0 Å². The van der Waals surface area contributed by atoms with Crippen LogP contribution in [0.3, 0.4) is 0 Å². The monoisotopic (exact) mass is 743 g/mol. The maximum absolute atomic E-state index is 11.8. The van der Waals surface area contributed by atoms with E-state index in [2.05, 4.69) is 41.2 Å². The Bertz CT molecular complexity index is 1170. The van der Waals surface area contributed by atoms with Gasteiger partial charge >= 0.3 is 11.9 Å². The number of aromatic nitrogens is 4. The number of nitrogens with one attached hydrogen (secondary N) is 6. The molecule has 0 aliphatic rings. The predicted molar refractivity (Wildman–Crippen MR) is 171 cm³/mol. The smallest absolute Gasteiger partial charge is 0.326 e. The van der Waals surface area contributed by atoms with Crippen molar-refractivity contribution in [1.82, 2.24) is 41.2 Å². The molecule has 2 aromatic rings. The zero-order valence-electron chi connectivity index (χ0n) is 27.0. The first-order valence-electron chi connectivity index (χ1n) is 15.3. The van der Waals surface area contributed by atoms with Gasteiger partial charge in [0.1, 0.15) is 12.1 Å². The number of amides is 4. The molecule has 0 spiro atoms. The molecule has 0 aliphatic carbocycles. The number of unbranched alkanes of at least 4 members (excludes halogenated alkanes) is 2. The van der Waals surface area contributed by atoms with E-state index in [0.29, 0.717) is 50.2 Å². The van der Waals surface area contributed by atoms with Gasteiger partial charge in [-0.2, -0.15) is 0 Å². The summed E-state index contributed by atoms with van der Waals surface area (Å²) < 4.78 is 0. The Morgan fingerprint density at radius 3 is 1.33 bits per heavy atom. The predicted octanol–water partition coefficient (Wildman–Crippen LogP) is -3.81. The van der Waals surface area contributed by atoms with Crippen molar-refractivity contribution in [3.63, 3.8) is 0 Å². The maximum atomic E-state index is 11.8. The van der Waals surface area contributed by atoms with E-state index in [1.54, 1.807) is 12.4 Å². The van der Waals surface area contributed by atoms with E-state index in [4.69, 9.17) is 33.1 Å². The van der Waals surface area contributed by atoms with E-state index < -0.39 is 59.7 Å². The molecular formula is C28H48CuN12O8. The van der Waals surface area contributed by atoms with Gasteiger partial charge in [0.15, 0.2) is 0 Å². The molecule has 4 atom stereocenters. The van der Waals surface area contributed by atoms with Crippen molar-refractivity contribution < 1.29 is 56.0 Å². The van der Waals surface area contributed by atoms with Crippen molar-refractivity contribution >= 4 is 35.6 Å². The summed E-state index contributed by atoms with van der Waals surface area (Å²) >= 11 is 0. The number of nitrogens with two attached hydrogens (primary N) is 4. The average Bonchev–Trinajstić information content (AvgIpc) is 3.76. The number of carboxylic acid groups (broad SMARTS) is 2. The van der Waals surface area contributed by atoms with Gasteiger partial charge in [-0.15, -0.1) is 0 Å². The SMILES string of the molecule is NCCCC[C@H](NC(=O)CNC(=O)[C@@H](N)Cc1cnc[nH]1)C(=O)O.NCCCC[C@H](NC(=O)CNC(=O)[C@@H](N)Cc1cnc[nH]1)C(=O)O.[Cu]. The van der Waals surface area contributed by atoms with Gasteiger partial charge in [0.05, 0.1) is 37.8 Å². The van der Waals surface area contributed by atoms with Crippen molar-refractivity contribution in [3.05, 3.63) is 36.4 Å². The van der Waals surface area contributed by atoms with Crippen LogP contribution in [-0.4, -0.2) is 116 Å². The maximum Gasteiger partial charge on any atom is 0.326 e. The van der Waals surface area contributed by atoms with Crippen LogP contribution in [0.4, 0.5) is 0 Å². The number of carbonyl (C=O) groups is 6. The number of imidazole rings is 2. The fourth-order valence-corrected chi connectivity index (χ4v) is 4.04. The molecule has 4 amide bonds. The Morgan fingerprint density at radius 2 is 1.04 bits per heavy atom. The number of aromatic amines is 2. The van der Waals surface area contributed by atoms with Crippen LogP contribution in [0.25, 0.3) is 0 Å². The average molecular weight is 744 g/mol. The van der Waals surface area contributed by atoms with Crippen LogP contribution < -0.4 is 44.2 Å². The molecule has 0 bridgehead atoms. The molecule has 2 aromatic heterocycles. The minimum Gasteiger partial charge on any atom is -0.480 e. The molecule has 1 radical (unpaired) electrons. The zero-order chi connectivity index (χ0) is 35.9. The molecule has 20 nitrogen and oxygen atoms in total. The number of H-pyrrole nitrogens is 2. The molecule has 0 fully saturated rings. The molecule has 279 valence electrons. The summed E-state index contributed by atoms with van der Waals surface area (Å²) in [6.07, 6.45) is 9.68. The van der Waals surface area contributed by atoms with Crippen molar-refractivity contribution in [2.75, 3.05) is 26.2 Å². The molecule has 0 saturated carbocycles. The Kier molecular flexibility index (Phi) is 23.3. The minimum absolute atomic E-state index is 0. The Hall–Kier alpha value is -4.40. The first kappa shape index (κ1) is 44.6. The van der Waals surface area contributed by atoms with Crippen molar-refractivity contribution in [3.8, 4) is 0 Å². The summed E-state index contributed by atoms with van der Waals surface area (Å²) in [5.41, 5.74) is 23.6. The third kappa shape index (κ3) is 19.9. The molecule has 0 aliphatic heterocycles. The number of nitrogens with zero attached hydrogens (tertiary/aromatic N) is 2. The van der Waals surface area contributed by atoms with Gasteiger partial charge in [-0.05, 0) is 51.6 Å². The molecule has 2 rings (SSSR count). The number of aliphatic carboxylic acids is 2. The topological polar surface area (TPSA) is 352 Å². The Balaban J connectivity index is 0.000000922. The van der Waals surface area contributed by atoms with E-state index in [0.717, 1.165) is 0 Å². The molecule has 2 heterocycles. The van der Waals surface area contributed by atoms with E-state index >= 15 is 0 Å². The summed E-state index contributed by atoms with van der Waals surface area (Å²) in [5, 5.41) is 27.6. The summed E-state index contributed by atoms with van der Waals surface area (Å²) in [4.78, 5) is 82.6. The molecule has 16 N–H and O–H groups in total. The Labute approximate surface area is 293 Å². The summed E-state index contributed by atoms with van der Waals surface area (Å²) in [5.74, 6) is -4.43. The van der Waals surface area contributed by atoms with Gasteiger partial charge in [-0.25, -0.2) is 19.6 Å². The zero-order valence-corrected chi connectivity index (χ0v) is 27.9. The molecule has 0 aromatic carbocycles. The number of carboxylic acids is 2. The van der Waals surface area contributed by atoms with Gasteiger partial charge < -0.3 is 64.4 Å². The number of hydrogen-bond donors (Lipinski definition) is 12. The second kappa shape index (κ2) is 25.6.